The number of hydrogen-bond acceptors (Lipinski definition) is 4. The van der Waals surface area contributed by atoms with Crippen LogP contribution in [0.4, 0.5) is 15.8 Å². The zero-order valence-electron chi connectivity index (χ0n) is 14.5. The minimum absolute atomic E-state index is 0.0315. The SMILES string of the molecule is C#CCN1C(=O)COc2cc(F)c(N(C=O)C(=O)C3=C(P)CCCC3)cc21. The molecule has 0 radical (unpaired) electrons. The molecule has 0 aromatic heterocycles. The van der Waals surface area contributed by atoms with E-state index in [2.05, 4.69) is 15.2 Å². The third kappa shape index (κ3) is 3.58. The second-order valence-electron chi connectivity index (χ2n) is 6.24. The molecule has 8 heteroatoms. The quantitative estimate of drug-likeness (QED) is 0.451. The highest BCUT2D eigenvalue weighted by Gasteiger charge is 2.30. The monoisotopic (exact) mass is 388 g/mol. The molecular weight excluding hydrogens is 370 g/mol. The van der Waals surface area contributed by atoms with E-state index in [0.29, 0.717) is 12.0 Å². The molecule has 0 saturated carbocycles. The Kier molecular flexibility index (Phi) is 5.57. The van der Waals surface area contributed by atoms with Crippen LogP contribution in [0.25, 0.3) is 0 Å². The summed E-state index contributed by atoms with van der Waals surface area (Å²) < 4.78 is 19.9. The van der Waals surface area contributed by atoms with E-state index < -0.39 is 11.7 Å². The number of carbonyl (C=O) groups is 3. The number of hydrogen-bond donors (Lipinski definition) is 0. The van der Waals surface area contributed by atoms with Gasteiger partial charge in [0.15, 0.2) is 12.4 Å². The maximum absolute atomic E-state index is 14.7. The third-order valence-electron chi connectivity index (χ3n) is 4.57. The molecule has 0 spiro atoms. The Morgan fingerprint density at radius 3 is 2.81 bits per heavy atom. The molecule has 1 unspecified atom stereocenters. The lowest BCUT2D eigenvalue weighted by atomic mass is 9.98. The van der Waals surface area contributed by atoms with E-state index in [9.17, 15) is 18.8 Å². The van der Waals surface area contributed by atoms with Gasteiger partial charge in [0.1, 0.15) is 5.75 Å². The number of benzene rings is 1. The van der Waals surface area contributed by atoms with Crippen molar-refractivity contribution >= 4 is 38.8 Å². The minimum atomic E-state index is -0.800. The Hall–Kier alpha value is -2.71. The van der Waals surface area contributed by atoms with Crippen molar-refractivity contribution in [3.8, 4) is 18.1 Å². The second kappa shape index (κ2) is 7.89. The molecule has 0 saturated heterocycles. The average Bonchev–Trinajstić information content (AvgIpc) is 2.66. The lowest BCUT2D eigenvalue weighted by molar-refractivity contribution is -0.121. The van der Waals surface area contributed by atoms with Gasteiger partial charge in [0, 0.05) is 11.6 Å². The van der Waals surface area contributed by atoms with Gasteiger partial charge >= 0.3 is 0 Å². The number of nitrogens with zero attached hydrogens (tertiary/aromatic N) is 2. The molecule has 0 bridgehead atoms. The van der Waals surface area contributed by atoms with E-state index >= 15 is 0 Å². The summed E-state index contributed by atoms with van der Waals surface area (Å²) in [7, 11) is 2.52. The smallest absolute Gasteiger partial charge is 0.265 e. The molecule has 0 fully saturated rings. The summed E-state index contributed by atoms with van der Waals surface area (Å²) >= 11 is 0. The van der Waals surface area contributed by atoms with Crippen LogP contribution in [0.2, 0.25) is 0 Å². The number of carbonyl (C=O) groups excluding carboxylic acids is 3. The fourth-order valence-electron chi connectivity index (χ4n) is 3.19. The van der Waals surface area contributed by atoms with Gasteiger partial charge < -0.3 is 4.74 Å². The molecule has 27 heavy (non-hydrogen) atoms. The first kappa shape index (κ1) is 19.1. The van der Waals surface area contributed by atoms with Gasteiger partial charge in [0.05, 0.1) is 17.9 Å². The van der Waals surface area contributed by atoms with Gasteiger partial charge in [-0.15, -0.1) is 15.7 Å². The topological polar surface area (TPSA) is 66.9 Å². The maximum Gasteiger partial charge on any atom is 0.265 e. The first-order chi connectivity index (χ1) is 13.0. The summed E-state index contributed by atoms with van der Waals surface area (Å²) in [6, 6.07) is 2.30. The number of ether oxygens (including phenoxy) is 1. The van der Waals surface area contributed by atoms with Crippen molar-refractivity contribution in [3.63, 3.8) is 0 Å². The number of amides is 3. The van der Waals surface area contributed by atoms with Gasteiger partial charge in [-0.2, -0.15) is 0 Å². The summed E-state index contributed by atoms with van der Waals surface area (Å²) in [5, 5.41) is 0.823. The van der Waals surface area contributed by atoms with Crippen LogP contribution in [0.3, 0.4) is 0 Å². The second-order valence-corrected chi connectivity index (χ2v) is 6.93. The van der Waals surface area contributed by atoms with E-state index in [0.717, 1.165) is 35.5 Å². The number of terminal acetylenes is 1. The molecule has 1 aromatic rings. The molecule has 1 heterocycles. The van der Waals surface area contributed by atoms with E-state index in [-0.39, 0.29) is 42.6 Å². The first-order valence-electron chi connectivity index (χ1n) is 8.44. The number of imide groups is 1. The van der Waals surface area contributed by atoms with Crippen molar-refractivity contribution in [2.45, 2.75) is 25.7 Å². The summed E-state index contributed by atoms with van der Waals surface area (Å²) in [5.41, 5.74) is 0.470. The van der Waals surface area contributed by atoms with Crippen molar-refractivity contribution in [2.75, 3.05) is 23.0 Å². The predicted molar refractivity (Wildman–Crippen MR) is 102 cm³/mol. The summed E-state index contributed by atoms with van der Waals surface area (Å²) in [6.45, 7) is -0.288. The van der Waals surface area contributed by atoms with E-state index in [1.807, 2.05) is 0 Å². The molecule has 1 aromatic carbocycles. The van der Waals surface area contributed by atoms with Crippen molar-refractivity contribution in [2.24, 2.45) is 0 Å². The highest BCUT2D eigenvalue weighted by molar-refractivity contribution is 7.22. The van der Waals surface area contributed by atoms with Crippen molar-refractivity contribution < 1.29 is 23.5 Å². The van der Waals surface area contributed by atoms with E-state index in [1.165, 1.54) is 11.0 Å². The standard InChI is InChI=1S/C19H18FN2O4P/c1-2-7-21-15-9-14(13(20)8-16(15)26-10-18(21)24)22(11-23)19(25)12-5-3-4-6-17(12)27/h1,8-9,11H,3-7,10,27H2. The first-order valence-corrected chi connectivity index (χ1v) is 9.02. The lowest BCUT2D eigenvalue weighted by Crippen LogP contribution is -2.39. The number of fused-ring (bicyclic) bond motifs is 1. The minimum Gasteiger partial charge on any atom is -0.481 e. The molecule has 2 aliphatic rings. The molecule has 1 atom stereocenters. The molecule has 6 nitrogen and oxygen atoms in total. The van der Waals surface area contributed by atoms with Crippen LogP contribution in [0.15, 0.2) is 23.0 Å². The molecule has 140 valence electrons. The van der Waals surface area contributed by atoms with Gasteiger partial charge in [0.25, 0.3) is 11.8 Å². The third-order valence-corrected chi connectivity index (χ3v) is 5.21. The molecule has 1 aliphatic carbocycles. The number of halogens is 1. The Balaban J connectivity index is 2.05. The van der Waals surface area contributed by atoms with Gasteiger partial charge in [-0.1, -0.05) is 5.92 Å². The Labute approximate surface area is 158 Å². The highest BCUT2D eigenvalue weighted by atomic mass is 31.0. The van der Waals surface area contributed by atoms with Gasteiger partial charge in [-0.05, 0) is 37.1 Å². The Morgan fingerprint density at radius 2 is 2.15 bits per heavy atom. The van der Waals surface area contributed by atoms with E-state index in [1.54, 1.807) is 0 Å². The van der Waals surface area contributed by atoms with Crippen LogP contribution in [-0.2, 0) is 14.4 Å². The summed E-state index contributed by atoms with van der Waals surface area (Å²) in [4.78, 5) is 38.5. The largest absolute Gasteiger partial charge is 0.481 e. The highest BCUT2D eigenvalue weighted by Crippen LogP contribution is 2.38. The van der Waals surface area contributed by atoms with Crippen LogP contribution in [0.1, 0.15) is 25.7 Å². The van der Waals surface area contributed by atoms with Crippen molar-refractivity contribution in [1.82, 2.24) is 0 Å². The average molecular weight is 388 g/mol. The van der Waals surface area contributed by atoms with Crippen LogP contribution in [-0.4, -0.2) is 31.4 Å². The van der Waals surface area contributed by atoms with Gasteiger partial charge in [-0.25, -0.2) is 9.29 Å². The predicted octanol–water partition coefficient (Wildman–Crippen LogP) is 2.38. The summed E-state index contributed by atoms with van der Waals surface area (Å²) in [6.07, 6.45) is 8.65. The zero-order valence-corrected chi connectivity index (χ0v) is 15.7. The molecule has 1 aliphatic heterocycles. The zero-order chi connectivity index (χ0) is 19.6. The molecular formula is C19H18FN2O4P. The number of rotatable bonds is 4. The van der Waals surface area contributed by atoms with Crippen molar-refractivity contribution in [3.05, 3.63) is 28.8 Å². The fraction of sp³-hybridized carbons (Fsp3) is 0.316. The van der Waals surface area contributed by atoms with Crippen LogP contribution >= 0.6 is 9.24 Å². The molecule has 3 amide bonds. The Bertz CT molecular complexity index is 890. The van der Waals surface area contributed by atoms with Crippen molar-refractivity contribution in [1.29, 1.82) is 0 Å². The molecule has 0 N–H and O–H groups in total. The normalized spacial score (nSPS) is 16.3. The Morgan fingerprint density at radius 1 is 1.41 bits per heavy atom. The van der Waals surface area contributed by atoms with E-state index in [4.69, 9.17) is 11.2 Å². The number of anilines is 2. The van der Waals surface area contributed by atoms with Gasteiger partial charge in [0.2, 0.25) is 6.41 Å². The lowest BCUT2D eigenvalue weighted by Gasteiger charge is -2.29. The molecule has 3 rings (SSSR count). The maximum atomic E-state index is 14.7. The number of allylic oxidation sites excluding steroid dienone is 1. The van der Waals surface area contributed by atoms with Crippen LogP contribution in [0, 0.1) is 18.2 Å². The summed E-state index contributed by atoms with van der Waals surface area (Å²) in [5.74, 6) is 0.740. The van der Waals surface area contributed by atoms with Crippen LogP contribution < -0.4 is 14.5 Å². The van der Waals surface area contributed by atoms with Crippen LogP contribution in [0.5, 0.6) is 5.75 Å². The van der Waals surface area contributed by atoms with Gasteiger partial charge in [-0.3, -0.25) is 19.3 Å². The fourth-order valence-corrected chi connectivity index (χ4v) is 3.66.